The summed E-state index contributed by atoms with van der Waals surface area (Å²) >= 11 is 11.7. The molecule has 0 aliphatic carbocycles. The molecule has 2 N–H and O–H groups in total. The van der Waals surface area contributed by atoms with Crippen LogP contribution in [-0.2, 0) is 16.1 Å². The predicted octanol–water partition coefficient (Wildman–Crippen LogP) is 2.81. The van der Waals surface area contributed by atoms with Gasteiger partial charge >= 0.3 is 0 Å². The van der Waals surface area contributed by atoms with Crippen molar-refractivity contribution >= 4 is 35.0 Å². The summed E-state index contributed by atoms with van der Waals surface area (Å²) in [5, 5.41) is 5.96. The van der Waals surface area contributed by atoms with Crippen LogP contribution in [0.2, 0.25) is 10.0 Å². The number of carbonyl (C=O) groups excluding carboxylic acids is 2. The predicted molar refractivity (Wildman–Crippen MR) is 99.8 cm³/mol. The molecule has 0 radical (unpaired) electrons. The van der Waals surface area contributed by atoms with E-state index in [1.54, 1.807) is 19.2 Å². The molecule has 2 aromatic rings. The van der Waals surface area contributed by atoms with Gasteiger partial charge in [0.25, 0.3) is 5.91 Å². The molecule has 138 valence electrons. The lowest BCUT2D eigenvalue weighted by Gasteiger charge is -2.11. The molecule has 0 aliphatic heterocycles. The molecule has 0 saturated heterocycles. The summed E-state index contributed by atoms with van der Waals surface area (Å²) in [4.78, 5) is 23.6. The van der Waals surface area contributed by atoms with Crippen LogP contribution in [-0.4, -0.2) is 32.1 Å². The first-order valence-corrected chi connectivity index (χ1v) is 8.48. The van der Waals surface area contributed by atoms with Crippen LogP contribution in [0.15, 0.2) is 42.5 Å². The van der Waals surface area contributed by atoms with Crippen molar-refractivity contribution in [3.63, 3.8) is 0 Å². The molecule has 0 atom stereocenters. The Bertz CT molecular complexity index is 784. The first-order chi connectivity index (χ1) is 12.5. The highest BCUT2D eigenvalue weighted by molar-refractivity contribution is 6.35. The van der Waals surface area contributed by atoms with Gasteiger partial charge in [-0.25, -0.2) is 0 Å². The summed E-state index contributed by atoms with van der Waals surface area (Å²) < 4.78 is 10.5. The van der Waals surface area contributed by atoms with E-state index in [4.69, 9.17) is 32.7 Å². The summed E-state index contributed by atoms with van der Waals surface area (Å²) in [5.41, 5.74) is 0.843. The lowest BCUT2D eigenvalue weighted by Crippen LogP contribution is -2.38. The first-order valence-electron chi connectivity index (χ1n) is 7.72. The van der Waals surface area contributed by atoms with Crippen molar-refractivity contribution < 1.29 is 19.1 Å². The molecule has 0 spiro atoms. The van der Waals surface area contributed by atoms with Crippen LogP contribution >= 0.6 is 23.2 Å². The Morgan fingerprint density at radius 2 is 1.77 bits per heavy atom. The number of ether oxygens (including phenoxy) is 2. The van der Waals surface area contributed by atoms with E-state index >= 15 is 0 Å². The molecule has 0 saturated carbocycles. The van der Waals surface area contributed by atoms with Crippen molar-refractivity contribution in [1.82, 2.24) is 10.6 Å². The lowest BCUT2D eigenvalue weighted by atomic mass is 10.2. The number of hydrogen-bond acceptors (Lipinski definition) is 4. The minimum atomic E-state index is -0.441. The fourth-order valence-corrected chi connectivity index (χ4v) is 2.53. The molecule has 0 aliphatic rings. The molecule has 0 aromatic heterocycles. The van der Waals surface area contributed by atoms with E-state index in [2.05, 4.69) is 10.6 Å². The second-order valence-electron chi connectivity index (χ2n) is 5.23. The summed E-state index contributed by atoms with van der Waals surface area (Å²) in [6.45, 7) is -0.123. The largest absolute Gasteiger partial charge is 0.496 e. The number of benzene rings is 2. The summed E-state index contributed by atoms with van der Waals surface area (Å²) in [6.07, 6.45) is 0. The number of hydrogen-bond donors (Lipinski definition) is 2. The third-order valence-electron chi connectivity index (χ3n) is 3.37. The molecular formula is C18H18Cl2N2O4. The van der Waals surface area contributed by atoms with E-state index in [9.17, 15) is 9.59 Å². The average Bonchev–Trinajstić information content (AvgIpc) is 2.64. The highest BCUT2D eigenvalue weighted by atomic mass is 35.5. The van der Waals surface area contributed by atoms with E-state index in [1.165, 1.54) is 6.07 Å². The number of para-hydroxylation sites is 1. The summed E-state index contributed by atoms with van der Waals surface area (Å²) in [6, 6.07) is 12.0. The Morgan fingerprint density at radius 3 is 2.50 bits per heavy atom. The van der Waals surface area contributed by atoms with Crippen molar-refractivity contribution in [1.29, 1.82) is 0 Å². The van der Waals surface area contributed by atoms with Crippen LogP contribution in [0, 0.1) is 0 Å². The van der Waals surface area contributed by atoms with E-state index in [0.29, 0.717) is 28.1 Å². The molecule has 6 nitrogen and oxygen atoms in total. The summed E-state index contributed by atoms with van der Waals surface area (Å²) in [5.74, 6) is 0.258. The summed E-state index contributed by atoms with van der Waals surface area (Å²) in [7, 11) is 1.56. The van der Waals surface area contributed by atoms with Crippen LogP contribution in [0.1, 0.15) is 5.56 Å². The van der Waals surface area contributed by atoms with Crippen molar-refractivity contribution in [3.05, 3.63) is 58.1 Å². The smallest absolute Gasteiger partial charge is 0.258 e. The molecule has 26 heavy (non-hydrogen) atoms. The number of halogens is 2. The zero-order valence-electron chi connectivity index (χ0n) is 14.1. The quantitative estimate of drug-likeness (QED) is 0.718. The van der Waals surface area contributed by atoms with Crippen molar-refractivity contribution in [2.45, 2.75) is 6.54 Å². The second kappa shape index (κ2) is 9.89. The second-order valence-corrected chi connectivity index (χ2v) is 6.07. The minimum absolute atomic E-state index is 0.161. The molecule has 2 amide bonds. The standard InChI is InChI=1S/C18H18Cl2N2O4/c1-25-15-5-3-2-4-12(15)9-21-17(23)10-22-18(24)11-26-16-7-6-13(19)8-14(16)20/h2-8H,9-11H2,1H3,(H,21,23)(H,22,24). The number of nitrogens with one attached hydrogen (secondary N) is 2. The molecule has 2 aromatic carbocycles. The van der Waals surface area contributed by atoms with Crippen LogP contribution in [0.25, 0.3) is 0 Å². The third kappa shape index (κ3) is 6.13. The normalized spacial score (nSPS) is 10.1. The molecule has 0 heterocycles. The van der Waals surface area contributed by atoms with E-state index < -0.39 is 5.91 Å². The van der Waals surface area contributed by atoms with Crippen LogP contribution in [0.5, 0.6) is 11.5 Å². The van der Waals surface area contributed by atoms with Gasteiger partial charge in [0.1, 0.15) is 11.5 Å². The van der Waals surface area contributed by atoms with Crippen LogP contribution in [0.4, 0.5) is 0 Å². The zero-order chi connectivity index (χ0) is 18.9. The van der Waals surface area contributed by atoms with Gasteiger partial charge in [0.15, 0.2) is 6.61 Å². The van der Waals surface area contributed by atoms with E-state index in [0.717, 1.165) is 5.56 Å². The molecule has 0 unspecified atom stereocenters. The highest BCUT2D eigenvalue weighted by Crippen LogP contribution is 2.27. The van der Waals surface area contributed by atoms with Gasteiger partial charge in [-0.3, -0.25) is 9.59 Å². The van der Waals surface area contributed by atoms with Gasteiger partial charge < -0.3 is 20.1 Å². The van der Waals surface area contributed by atoms with Gasteiger partial charge in [-0.1, -0.05) is 41.4 Å². The van der Waals surface area contributed by atoms with Gasteiger partial charge in [-0.15, -0.1) is 0 Å². The Morgan fingerprint density at radius 1 is 1.00 bits per heavy atom. The fraction of sp³-hybridized carbons (Fsp3) is 0.222. The number of rotatable bonds is 8. The van der Waals surface area contributed by atoms with E-state index in [1.807, 2.05) is 24.3 Å². The Hall–Kier alpha value is -2.44. The van der Waals surface area contributed by atoms with Gasteiger partial charge in [0.05, 0.1) is 18.7 Å². The molecule has 2 rings (SSSR count). The third-order valence-corrected chi connectivity index (χ3v) is 3.90. The Balaban J connectivity index is 1.72. The van der Waals surface area contributed by atoms with Gasteiger partial charge in [-0.05, 0) is 24.3 Å². The fourth-order valence-electron chi connectivity index (χ4n) is 2.07. The Labute approximate surface area is 161 Å². The number of carbonyl (C=O) groups is 2. The van der Waals surface area contributed by atoms with Gasteiger partial charge in [0, 0.05) is 17.1 Å². The zero-order valence-corrected chi connectivity index (χ0v) is 15.6. The maximum absolute atomic E-state index is 11.8. The number of methoxy groups -OCH3 is 1. The first kappa shape index (κ1) is 19.9. The maximum Gasteiger partial charge on any atom is 0.258 e. The number of amides is 2. The molecule has 0 bridgehead atoms. The van der Waals surface area contributed by atoms with Crippen molar-refractivity contribution in [2.75, 3.05) is 20.3 Å². The Kier molecular flexibility index (Phi) is 7.56. The minimum Gasteiger partial charge on any atom is -0.496 e. The SMILES string of the molecule is COc1ccccc1CNC(=O)CNC(=O)COc1ccc(Cl)cc1Cl. The van der Waals surface area contributed by atoms with E-state index in [-0.39, 0.29) is 19.1 Å². The monoisotopic (exact) mass is 396 g/mol. The molecule has 8 heteroatoms. The van der Waals surface area contributed by atoms with Gasteiger partial charge in [-0.2, -0.15) is 0 Å². The lowest BCUT2D eigenvalue weighted by molar-refractivity contribution is -0.127. The van der Waals surface area contributed by atoms with Gasteiger partial charge in [0.2, 0.25) is 5.91 Å². The molecular weight excluding hydrogens is 379 g/mol. The highest BCUT2D eigenvalue weighted by Gasteiger charge is 2.09. The maximum atomic E-state index is 11.8. The topological polar surface area (TPSA) is 76.7 Å². The average molecular weight is 397 g/mol. The van der Waals surface area contributed by atoms with Crippen molar-refractivity contribution in [2.24, 2.45) is 0 Å². The van der Waals surface area contributed by atoms with Crippen molar-refractivity contribution in [3.8, 4) is 11.5 Å². The van der Waals surface area contributed by atoms with Crippen LogP contribution < -0.4 is 20.1 Å². The molecule has 0 fully saturated rings. The van der Waals surface area contributed by atoms with Crippen LogP contribution in [0.3, 0.4) is 0 Å².